The second-order valence-corrected chi connectivity index (χ2v) is 3.87. The molecule has 2 aromatic rings. The SMILES string of the molecule is CCn1ccnc1-c1ccc(F)c(CNC)c1. The van der Waals surface area contributed by atoms with Crippen molar-refractivity contribution in [1.29, 1.82) is 0 Å². The molecule has 0 bridgehead atoms. The van der Waals surface area contributed by atoms with Crippen molar-refractivity contribution in [1.82, 2.24) is 14.9 Å². The number of benzene rings is 1. The van der Waals surface area contributed by atoms with E-state index in [1.807, 2.05) is 16.8 Å². The van der Waals surface area contributed by atoms with Gasteiger partial charge in [-0.25, -0.2) is 9.37 Å². The van der Waals surface area contributed by atoms with Crippen molar-refractivity contribution in [2.75, 3.05) is 7.05 Å². The Labute approximate surface area is 100 Å². The van der Waals surface area contributed by atoms with Gasteiger partial charge in [0.25, 0.3) is 0 Å². The van der Waals surface area contributed by atoms with E-state index in [1.54, 1.807) is 19.3 Å². The van der Waals surface area contributed by atoms with Crippen LogP contribution in [0.5, 0.6) is 0 Å². The molecule has 1 aromatic carbocycles. The zero-order valence-corrected chi connectivity index (χ0v) is 10.1. The minimum atomic E-state index is -0.183. The van der Waals surface area contributed by atoms with Crippen LogP contribution in [0.4, 0.5) is 4.39 Å². The number of hydrogen-bond acceptors (Lipinski definition) is 2. The van der Waals surface area contributed by atoms with Crippen molar-refractivity contribution >= 4 is 0 Å². The van der Waals surface area contributed by atoms with Crippen LogP contribution >= 0.6 is 0 Å². The van der Waals surface area contributed by atoms with Gasteiger partial charge in [0.15, 0.2) is 0 Å². The third-order valence-corrected chi connectivity index (χ3v) is 2.73. The molecule has 0 aliphatic carbocycles. The summed E-state index contributed by atoms with van der Waals surface area (Å²) < 4.78 is 15.6. The summed E-state index contributed by atoms with van der Waals surface area (Å²) in [5.41, 5.74) is 1.61. The Morgan fingerprint density at radius 3 is 2.94 bits per heavy atom. The lowest BCUT2D eigenvalue weighted by molar-refractivity contribution is 0.601. The Hall–Kier alpha value is -1.68. The number of halogens is 1. The van der Waals surface area contributed by atoms with Gasteiger partial charge in [0.2, 0.25) is 0 Å². The average molecular weight is 233 g/mol. The molecule has 4 heteroatoms. The van der Waals surface area contributed by atoms with Gasteiger partial charge in [-0.05, 0) is 32.2 Å². The van der Waals surface area contributed by atoms with Gasteiger partial charge in [-0.3, -0.25) is 0 Å². The van der Waals surface area contributed by atoms with Crippen molar-refractivity contribution in [3.8, 4) is 11.4 Å². The Morgan fingerprint density at radius 2 is 2.24 bits per heavy atom. The molecule has 0 atom stereocenters. The Morgan fingerprint density at radius 1 is 1.41 bits per heavy atom. The maximum atomic E-state index is 13.5. The number of imidazole rings is 1. The van der Waals surface area contributed by atoms with E-state index >= 15 is 0 Å². The van der Waals surface area contributed by atoms with E-state index in [0.717, 1.165) is 17.9 Å². The predicted molar refractivity (Wildman–Crippen MR) is 66.1 cm³/mol. The fourth-order valence-electron chi connectivity index (χ4n) is 1.86. The van der Waals surface area contributed by atoms with Gasteiger partial charge in [-0.2, -0.15) is 0 Å². The largest absolute Gasteiger partial charge is 0.331 e. The molecule has 0 aliphatic heterocycles. The second kappa shape index (κ2) is 5.10. The molecule has 0 unspecified atom stereocenters. The van der Waals surface area contributed by atoms with Crippen LogP contribution < -0.4 is 5.32 Å². The zero-order valence-electron chi connectivity index (χ0n) is 10.1. The van der Waals surface area contributed by atoms with E-state index < -0.39 is 0 Å². The van der Waals surface area contributed by atoms with Gasteiger partial charge in [0.1, 0.15) is 11.6 Å². The van der Waals surface area contributed by atoms with E-state index in [2.05, 4.69) is 17.2 Å². The van der Waals surface area contributed by atoms with Gasteiger partial charge in [-0.1, -0.05) is 0 Å². The quantitative estimate of drug-likeness (QED) is 0.879. The second-order valence-electron chi connectivity index (χ2n) is 3.87. The summed E-state index contributed by atoms with van der Waals surface area (Å²) in [7, 11) is 1.80. The van der Waals surface area contributed by atoms with Crippen LogP contribution in [0.25, 0.3) is 11.4 Å². The molecule has 0 saturated carbocycles. The normalized spacial score (nSPS) is 10.8. The van der Waals surface area contributed by atoms with Crippen molar-refractivity contribution in [2.24, 2.45) is 0 Å². The maximum Gasteiger partial charge on any atom is 0.139 e. The van der Waals surface area contributed by atoms with Crippen LogP contribution in [0.3, 0.4) is 0 Å². The van der Waals surface area contributed by atoms with Crippen molar-refractivity contribution in [3.05, 3.63) is 42.0 Å². The number of aromatic nitrogens is 2. The van der Waals surface area contributed by atoms with Crippen molar-refractivity contribution in [2.45, 2.75) is 20.0 Å². The fourth-order valence-corrected chi connectivity index (χ4v) is 1.86. The monoisotopic (exact) mass is 233 g/mol. The first kappa shape index (κ1) is 11.8. The molecular weight excluding hydrogens is 217 g/mol. The highest BCUT2D eigenvalue weighted by atomic mass is 19.1. The zero-order chi connectivity index (χ0) is 12.3. The Bertz CT molecular complexity index is 505. The van der Waals surface area contributed by atoms with E-state index in [9.17, 15) is 4.39 Å². The molecule has 3 nitrogen and oxygen atoms in total. The molecule has 1 aromatic heterocycles. The predicted octanol–water partition coefficient (Wildman–Crippen LogP) is 2.43. The molecule has 0 amide bonds. The summed E-state index contributed by atoms with van der Waals surface area (Å²) in [6.45, 7) is 3.43. The summed E-state index contributed by atoms with van der Waals surface area (Å²) in [6.07, 6.45) is 3.69. The summed E-state index contributed by atoms with van der Waals surface area (Å²) in [6, 6.07) is 5.11. The lowest BCUT2D eigenvalue weighted by Gasteiger charge is -2.08. The number of hydrogen-bond donors (Lipinski definition) is 1. The topological polar surface area (TPSA) is 29.9 Å². The van der Waals surface area contributed by atoms with E-state index in [-0.39, 0.29) is 5.82 Å². The average Bonchev–Trinajstić information content (AvgIpc) is 2.80. The first-order chi connectivity index (χ1) is 8.26. The molecule has 1 heterocycles. The molecule has 0 fully saturated rings. The Balaban J connectivity index is 2.42. The van der Waals surface area contributed by atoms with Gasteiger partial charge in [-0.15, -0.1) is 0 Å². The first-order valence-corrected chi connectivity index (χ1v) is 5.70. The number of aryl methyl sites for hydroxylation is 1. The first-order valence-electron chi connectivity index (χ1n) is 5.70. The minimum absolute atomic E-state index is 0.183. The number of nitrogens with one attached hydrogen (secondary N) is 1. The van der Waals surface area contributed by atoms with Crippen molar-refractivity contribution in [3.63, 3.8) is 0 Å². The summed E-state index contributed by atoms with van der Waals surface area (Å²) in [5.74, 6) is 0.697. The van der Waals surface area contributed by atoms with E-state index in [4.69, 9.17) is 0 Å². The van der Waals surface area contributed by atoms with Crippen molar-refractivity contribution < 1.29 is 4.39 Å². The third kappa shape index (κ3) is 2.36. The molecule has 0 radical (unpaired) electrons. The highest BCUT2D eigenvalue weighted by molar-refractivity contribution is 5.57. The Kier molecular flexibility index (Phi) is 3.54. The lowest BCUT2D eigenvalue weighted by atomic mass is 10.1. The summed E-state index contributed by atoms with van der Waals surface area (Å²) in [4.78, 5) is 4.31. The fraction of sp³-hybridized carbons (Fsp3) is 0.308. The van der Waals surface area contributed by atoms with E-state index in [0.29, 0.717) is 12.1 Å². The molecule has 17 heavy (non-hydrogen) atoms. The molecule has 2 rings (SSSR count). The summed E-state index contributed by atoms with van der Waals surface area (Å²) >= 11 is 0. The van der Waals surface area contributed by atoms with Crippen LogP contribution in [0, 0.1) is 5.82 Å². The smallest absolute Gasteiger partial charge is 0.139 e. The van der Waals surface area contributed by atoms with Gasteiger partial charge in [0.05, 0.1) is 0 Å². The van der Waals surface area contributed by atoms with Gasteiger partial charge >= 0.3 is 0 Å². The van der Waals surface area contributed by atoms with Crippen LogP contribution in [0.15, 0.2) is 30.6 Å². The molecule has 0 aliphatic rings. The molecule has 90 valence electrons. The van der Waals surface area contributed by atoms with Gasteiger partial charge < -0.3 is 9.88 Å². The van der Waals surface area contributed by atoms with Gasteiger partial charge in [0, 0.05) is 36.6 Å². The molecular formula is C13H16FN3. The highest BCUT2D eigenvalue weighted by Gasteiger charge is 2.08. The third-order valence-electron chi connectivity index (χ3n) is 2.73. The molecule has 0 spiro atoms. The lowest BCUT2D eigenvalue weighted by Crippen LogP contribution is -2.07. The van der Waals surface area contributed by atoms with E-state index in [1.165, 1.54) is 6.07 Å². The number of rotatable bonds is 4. The van der Waals surface area contributed by atoms with Crippen LogP contribution in [0.2, 0.25) is 0 Å². The van der Waals surface area contributed by atoms with Crippen LogP contribution in [0.1, 0.15) is 12.5 Å². The molecule has 1 N–H and O–H groups in total. The maximum absolute atomic E-state index is 13.5. The van der Waals surface area contributed by atoms with Crippen LogP contribution in [-0.4, -0.2) is 16.6 Å². The molecule has 0 saturated heterocycles. The minimum Gasteiger partial charge on any atom is -0.331 e. The standard InChI is InChI=1S/C13H16FN3/c1-3-17-7-6-16-13(17)10-4-5-12(14)11(8-10)9-15-2/h4-8,15H,3,9H2,1-2H3. The van der Waals surface area contributed by atoms with Crippen LogP contribution in [-0.2, 0) is 13.1 Å². The summed E-state index contributed by atoms with van der Waals surface area (Å²) in [5, 5.41) is 2.96. The highest BCUT2D eigenvalue weighted by Crippen LogP contribution is 2.20. The number of nitrogens with zero attached hydrogens (tertiary/aromatic N) is 2.